The van der Waals surface area contributed by atoms with E-state index >= 15 is 0 Å². The van der Waals surface area contributed by atoms with E-state index < -0.39 is 0 Å². The molecule has 0 fully saturated rings. The normalized spacial score (nSPS) is 10.6. The smallest absolute Gasteiger partial charge is 0.266 e. The Kier molecular flexibility index (Phi) is 8.55. The molecule has 0 aliphatic heterocycles. The van der Waals surface area contributed by atoms with Gasteiger partial charge in [0.1, 0.15) is 17.0 Å². The van der Waals surface area contributed by atoms with E-state index in [1.54, 1.807) is 36.7 Å². The molecule has 0 spiro atoms. The Balaban J connectivity index is 0.00000306. The number of thiazole rings is 1. The number of aromatic nitrogens is 3. The SMILES string of the molecule is COc1ccc(Cl)c2sc(N(CCCn3ccnc3)C(=O)COc3ccccc3C)nc12.Cl. The first-order valence-electron chi connectivity index (χ1n) is 10.1. The number of imidazole rings is 1. The Morgan fingerprint density at radius 1 is 1.21 bits per heavy atom. The van der Waals surface area contributed by atoms with E-state index in [0.717, 1.165) is 23.2 Å². The number of para-hydroxylation sites is 1. The number of carbonyl (C=O) groups excluding carboxylic acids is 1. The van der Waals surface area contributed by atoms with Crippen molar-refractivity contribution in [2.75, 3.05) is 25.2 Å². The van der Waals surface area contributed by atoms with Crippen LogP contribution >= 0.6 is 35.3 Å². The topological polar surface area (TPSA) is 69.5 Å². The Bertz CT molecular complexity index is 1210. The Labute approximate surface area is 207 Å². The van der Waals surface area contributed by atoms with Gasteiger partial charge < -0.3 is 14.0 Å². The number of methoxy groups -OCH3 is 1. The molecule has 0 aliphatic carbocycles. The van der Waals surface area contributed by atoms with Crippen LogP contribution in [0.25, 0.3) is 10.2 Å². The minimum atomic E-state index is -0.173. The largest absolute Gasteiger partial charge is 0.494 e. The van der Waals surface area contributed by atoms with Crippen molar-refractivity contribution in [1.82, 2.24) is 14.5 Å². The van der Waals surface area contributed by atoms with Crippen molar-refractivity contribution < 1.29 is 14.3 Å². The number of hydrogen-bond acceptors (Lipinski definition) is 6. The molecule has 0 bridgehead atoms. The molecule has 0 saturated carbocycles. The third-order valence-electron chi connectivity index (χ3n) is 5.00. The second kappa shape index (κ2) is 11.4. The molecular weight excluding hydrogens is 483 g/mol. The Morgan fingerprint density at radius 3 is 2.76 bits per heavy atom. The zero-order valence-electron chi connectivity index (χ0n) is 18.2. The number of benzene rings is 2. The number of halogens is 2. The van der Waals surface area contributed by atoms with Gasteiger partial charge in [-0.05, 0) is 37.1 Å². The monoisotopic (exact) mass is 506 g/mol. The molecule has 0 N–H and O–H groups in total. The van der Waals surface area contributed by atoms with Gasteiger partial charge in [0.05, 0.1) is 23.2 Å². The predicted octanol–water partition coefficient (Wildman–Crippen LogP) is 5.39. The summed E-state index contributed by atoms with van der Waals surface area (Å²) in [5.74, 6) is 1.13. The molecule has 4 aromatic rings. The quantitative estimate of drug-likeness (QED) is 0.304. The van der Waals surface area contributed by atoms with E-state index in [2.05, 4.69) is 4.98 Å². The van der Waals surface area contributed by atoms with Gasteiger partial charge in [0.15, 0.2) is 11.7 Å². The number of amides is 1. The first kappa shape index (κ1) is 24.8. The van der Waals surface area contributed by atoms with Gasteiger partial charge in [0.2, 0.25) is 0 Å². The molecule has 10 heteroatoms. The number of hydrogen-bond donors (Lipinski definition) is 0. The van der Waals surface area contributed by atoms with Gasteiger partial charge in [0, 0.05) is 25.5 Å². The van der Waals surface area contributed by atoms with Gasteiger partial charge in [-0.1, -0.05) is 41.1 Å². The average molecular weight is 507 g/mol. The lowest BCUT2D eigenvalue weighted by Gasteiger charge is -2.20. The first-order valence-corrected chi connectivity index (χ1v) is 11.3. The standard InChI is InChI=1S/C23H23ClN4O3S.ClH/c1-16-6-3-4-7-18(16)31-14-20(29)28(12-5-11-27-13-10-25-15-27)23-26-21-19(30-2)9-8-17(24)22(21)32-23;/h3-4,6-10,13,15H,5,11-12,14H2,1-2H3;1H. The number of rotatable bonds is 9. The zero-order valence-corrected chi connectivity index (χ0v) is 20.6. The van der Waals surface area contributed by atoms with Crippen molar-refractivity contribution in [3.8, 4) is 11.5 Å². The minimum Gasteiger partial charge on any atom is -0.494 e. The number of nitrogens with zero attached hydrogens (tertiary/aromatic N) is 4. The summed E-state index contributed by atoms with van der Waals surface area (Å²) in [7, 11) is 1.59. The van der Waals surface area contributed by atoms with E-state index in [4.69, 9.17) is 26.1 Å². The van der Waals surface area contributed by atoms with E-state index in [1.165, 1.54) is 11.3 Å². The summed E-state index contributed by atoms with van der Waals surface area (Å²) in [6.07, 6.45) is 6.12. The fraction of sp³-hybridized carbons (Fsp3) is 0.261. The fourth-order valence-corrected chi connectivity index (χ4v) is 4.61. The van der Waals surface area contributed by atoms with Crippen molar-refractivity contribution in [3.63, 3.8) is 0 Å². The molecule has 174 valence electrons. The molecule has 2 aromatic heterocycles. The van der Waals surface area contributed by atoms with Gasteiger partial charge >= 0.3 is 0 Å². The number of ether oxygens (including phenoxy) is 2. The van der Waals surface area contributed by atoms with E-state index in [1.807, 2.05) is 42.0 Å². The van der Waals surface area contributed by atoms with E-state index in [0.29, 0.717) is 33.7 Å². The summed E-state index contributed by atoms with van der Waals surface area (Å²) in [6.45, 7) is 3.08. The molecule has 7 nitrogen and oxygen atoms in total. The van der Waals surface area contributed by atoms with Crippen LogP contribution in [0, 0.1) is 6.92 Å². The van der Waals surface area contributed by atoms with Crippen LogP contribution < -0.4 is 14.4 Å². The summed E-state index contributed by atoms with van der Waals surface area (Å²) in [6, 6.07) is 11.2. The Morgan fingerprint density at radius 2 is 2.03 bits per heavy atom. The molecule has 0 atom stereocenters. The molecule has 4 rings (SSSR count). The predicted molar refractivity (Wildman–Crippen MR) is 134 cm³/mol. The van der Waals surface area contributed by atoms with Crippen molar-refractivity contribution >= 4 is 56.6 Å². The van der Waals surface area contributed by atoms with Crippen LogP contribution in [-0.4, -0.2) is 40.7 Å². The molecule has 2 heterocycles. The molecule has 1 amide bonds. The molecule has 0 unspecified atom stereocenters. The summed E-state index contributed by atoms with van der Waals surface area (Å²) in [4.78, 5) is 23.6. The lowest BCUT2D eigenvalue weighted by Crippen LogP contribution is -2.36. The second-order valence-electron chi connectivity index (χ2n) is 7.18. The van der Waals surface area contributed by atoms with Crippen LogP contribution in [0.1, 0.15) is 12.0 Å². The molecule has 0 saturated heterocycles. The highest BCUT2D eigenvalue weighted by atomic mass is 35.5. The summed E-state index contributed by atoms with van der Waals surface area (Å²) in [5.41, 5.74) is 1.62. The molecule has 2 aromatic carbocycles. The van der Waals surface area contributed by atoms with E-state index in [9.17, 15) is 4.79 Å². The summed E-state index contributed by atoms with van der Waals surface area (Å²) >= 11 is 7.76. The third-order valence-corrected chi connectivity index (χ3v) is 6.54. The number of aryl methyl sites for hydroxylation is 2. The minimum absolute atomic E-state index is 0. The number of fused-ring (bicyclic) bond motifs is 1. The van der Waals surface area contributed by atoms with Crippen LogP contribution in [0.3, 0.4) is 0 Å². The van der Waals surface area contributed by atoms with Crippen molar-refractivity contribution in [3.05, 3.63) is 65.7 Å². The number of anilines is 1. The molecule has 0 aliphatic rings. The van der Waals surface area contributed by atoms with Crippen LogP contribution in [0.4, 0.5) is 5.13 Å². The maximum Gasteiger partial charge on any atom is 0.266 e. The maximum atomic E-state index is 13.2. The van der Waals surface area contributed by atoms with Crippen molar-refractivity contribution in [1.29, 1.82) is 0 Å². The van der Waals surface area contributed by atoms with Crippen LogP contribution in [-0.2, 0) is 11.3 Å². The first-order chi connectivity index (χ1) is 15.6. The lowest BCUT2D eigenvalue weighted by molar-refractivity contribution is -0.120. The van der Waals surface area contributed by atoms with Gasteiger partial charge in [-0.2, -0.15) is 0 Å². The molecule has 33 heavy (non-hydrogen) atoms. The van der Waals surface area contributed by atoms with Crippen LogP contribution in [0.2, 0.25) is 5.02 Å². The maximum absolute atomic E-state index is 13.2. The number of carbonyl (C=O) groups is 1. The van der Waals surface area contributed by atoms with E-state index in [-0.39, 0.29) is 24.9 Å². The van der Waals surface area contributed by atoms with Gasteiger partial charge in [-0.3, -0.25) is 9.69 Å². The van der Waals surface area contributed by atoms with Crippen molar-refractivity contribution in [2.45, 2.75) is 19.9 Å². The fourth-order valence-electron chi connectivity index (χ4n) is 3.31. The molecular formula is C23H24Cl2N4O3S. The van der Waals surface area contributed by atoms with Gasteiger partial charge in [-0.15, -0.1) is 12.4 Å². The van der Waals surface area contributed by atoms with Gasteiger partial charge in [0.25, 0.3) is 5.91 Å². The highest BCUT2D eigenvalue weighted by molar-refractivity contribution is 7.23. The zero-order chi connectivity index (χ0) is 22.5. The molecule has 0 radical (unpaired) electrons. The summed E-state index contributed by atoms with van der Waals surface area (Å²) < 4.78 is 14.0. The highest BCUT2D eigenvalue weighted by Gasteiger charge is 2.22. The van der Waals surface area contributed by atoms with Crippen LogP contribution in [0.15, 0.2) is 55.1 Å². The van der Waals surface area contributed by atoms with Crippen molar-refractivity contribution in [2.24, 2.45) is 0 Å². The highest BCUT2D eigenvalue weighted by Crippen LogP contribution is 2.38. The lowest BCUT2D eigenvalue weighted by atomic mass is 10.2. The van der Waals surface area contributed by atoms with Crippen LogP contribution in [0.5, 0.6) is 11.5 Å². The Hall–Kier alpha value is -2.81. The average Bonchev–Trinajstić information content (AvgIpc) is 3.47. The second-order valence-corrected chi connectivity index (χ2v) is 8.56. The third kappa shape index (κ3) is 5.76. The summed E-state index contributed by atoms with van der Waals surface area (Å²) in [5, 5.41) is 1.14. The van der Waals surface area contributed by atoms with Gasteiger partial charge in [-0.25, -0.2) is 9.97 Å².